The summed E-state index contributed by atoms with van der Waals surface area (Å²) in [4.78, 5) is 28.1. The maximum atomic E-state index is 12.8. The highest BCUT2D eigenvalue weighted by molar-refractivity contribution is 5.76. The second-order valence-corrected chi connectivity index (χ2v) is 8.13. The van der Waals surface area contributed by atoms with E-state index in [4.69, 9.17) is 9.51 Å². The van der Waals surface area contributed by atoms with Crippen LogP contribution >= 0.6 is 0 Å². The molecule has 8 heteroatoms. The fourth-order valence-corrected chi connectivity index (χ4v) is 3.99. The summed E-state index contributed by atoms with van der Waals surface area (Å²) in [7, 11) is 0. The van der Waals surface area contributed by atoms with Crippen molar-refractivity contribution in [3.63, 3.8) is 0 Å². The fourth-order valence-electron chi connectivity index (χ4n) is 3.99. The van der Waals surface area contributed by atoms with Crippen LogP contribution in [0.2, 0.25) is 0 Å². The molecule has 0 unspecified atom stereocenters. The first-order chi connectivity index (χ1) is 15.0. The summed E-state index contributed by atoms with van der Waals surface area (Å²) < 4.78 is 5.12. The zero-order valence-corrected chi connectivity index (χ0v) is 18.3. The molecule has 1 atom stereocenters. The number of aryl methyl sites for hydroxylation is 4. The van der Waals surface area contributed by atoms with Gasteiger partial charge in [-0.2, -0.15) is 4.98 Å². The number of amides is 1. The van der Waals surface area contributed by atoms with Crippen LogP contribution in [0.15, 0.2) is 35.0 Å². The van der Waals surface area contributed by atoms with Crippen molar-refractivity contribution < 1.29 is 9.32 Å². The van der Waals surface area contributed by atoms with Crippen LogP contribution in [0, 0.1) is 20.8 Å². The van der Waals surface area contributed by atoms with Gasteiger partial charge in [-0.25, -0.2) is 4.98 Å². The highest BCUT2D eigenvalue weighted by Gasteiger charge is 2.26. The molecule has 162 valence electrons. The van der Waals surface area contributed by atoms with Crippen molar-refractivity contribution in [2.24, 2.45) is 0 Å². The smallest absolute Gasteiger partial charge is 0.227 e. The third-order valence-corrected chi connectivity index (χ3v) is 5.56. The third-order valence-electron chi connectivity index (χ3n) is 5.56. The number of hydrogen-bond acceptors (Lipinski definition) is 7. The Labute approximate surface area is 182 Å². The van der Waals surface area contributed by atoms with Crippen molar-refractivity contribution in [3.05, 3.63) is 59.1 Å². The summed E-state index contributed by atoms with van der Waals surface area (Å²) in [5, 5.41) is 7.19. The number of anilines is 2. The Morgan fingerprint density at radius 2 is 2.13 bits per heavy atom. The Morgan fingerprint density at radius 3 is 2.90 bits per heavy atom. The molecule has 8 nitrogen and oxygen atoms in total. The second kappa shape index (κ2) is 9.24. The van der Waals surface area contributed by atoms with Gasteiger partial charge in [-0.1, -0.05) is 11.2 Å². The largest absolute Gasteiger partial charge is 0.342 e. The number of hydrogen-bond donors (Lipinski definition) is 1. The Balaban J connectivity index is 1.43. The molecule has 1 amide bonds. The third kappa shape index (κ3) is 5.25. The zero-order valence-electron chi connectivity index (χ0n) is 18.3. The first kappa shape index (κ1) is 21.0. The summed E-state index contributed by atoms with van der Waals surface area (Å²) >= 11 is 0. The van der Waals surface area contributed by atoms with Gasteiger partial charge in [0.2, 0.25) is 11.8 Å². The molecule has 0 aliphatic carbocycles. The average Bonchev–Trinajstić information content (AvgIpc) is 3.18. The van der Waals surface area contributed by atoms with E-state index < -0.39 is 0 Å². The van der Waals surface area contributed by atoms with Crippen molar-refractivity contribution in [2.75, 3.05) is 18.4 Å². The molecule has 1 fully saturated rings. The van der Waals surface area contributed by atoms with Crippen LogP contribution in [0.4, 0.5) is 11.5 Å². The van der Waals surface area contributed by atoms with E-state index in [9.17, 15) is 4.79 Å². The van der Waals surface area contributed by atoms with Gasteiger partial charge in [-0.05, 0) is 57.4 Å². The minimum atomic E-state index is 0.121. The Bertz CT molecular complexity index is 1060. The number of carbonyl (C=O) groups is 1. The van der Waals surface area contributed by atoms with E-state index in [1.54, 1.807) is 13.1 Å². The van der Waals surface area contributed by atoms with Crippen molar-refractivity contribution >= 4 is 17.4 Å². The molecule has 0 radical (unpaired) electrons. The first-order valence-electron chi connectivity index (χ1n) is 10.7. The molecular formula is C23H28N6O2. The van der Waals surface area contributed by atoms with Crippen LogP contribution in [0.5, 0.6) is 0 Å². The maximum Gasteiger partial charge on any atom is 0.227 e. The molecule has 4 heterocycles. The van der Waals surface area contributed by atoms with Gasteiger partial charge >= 0.3 is 0 Å². The maximum absolute atomic E-state index is 12.8. The Hall–Kier alpha value is -3.29. The topological polar surface area (TPSA) is 97.0 Å². The normalized spacial score (nSPS) is 16.4. The lowest BCUT2D eigenvalue weighted by molar-refractivity contribution is -0.132. The predicted octanol–water partition coefficient (Wildman–Crippen LogP) is 3.87. The second-order valence-electron chi connectivity index (χ2n) is 8.13. The monoisotopic (exact) mass is 420 g/mol. The summed E-state index contributed by atoms with van der Waals surface area (Å²) in [5.74, 6) is 2.29. The van der Waals surface area contributed by atoms with E-state index >= 15 is 0 Å². The standard InChI is InChI=1S/C23H28N6O2/c1-15-6-4-10-24-23(15)27-19-12-16(2)25-20(13-19)18-7-5-11-29(14-18)22(30)9-8-21-26-17(3)28-31-21/h4,6,10,12-13,18H,5,7-9,11,14H2,1-3H3,(H,24,25,27)/t18-/m1/s1. The molecule has 0 bridgehead atoms. The highest BCUT2D eigenvalue weighted by Crippen LogP contribution is 2.29. The van der Waals surface area contributed by atoms with Gasteiger partial charge in [0.05, 0.1) is 0 Å². The quantitative estimate of drug-likeness (QED) is 0.646. The molecule has 3 aromatic heterocycles. The van der Waals surface area contributed by atoms with Gasteiger partial charge in [0, 0.05) is 55.1 Å². The predicted molar refractivity (Wildman–Crippen MR) is 117 cm³/mol. The van der Waals surface area contributed by atoms with Crippen molar-refractivity contribution in [1.29, 1.82) is 0 Å². The van der Waals surface area contributed by atoms with Crippen LogP contribution < -0.4 is 5.32 Å². The number of carbonyl (C=O) groups excluding carboxylic acids is 1. The van der Waals surface area contributed by atoms with Crippen LogP contribution in [-0.4, -0.2) is 44.0 Å². The first-order valence-corrected chi connectivity index (χ1v) is 10.7. The number of rotatable bonds is 6. The van der Waals surface area contributed by atoms with Crippen LogP contribution in [0.25, 0.3) is 0 Å². The lowest BCUT2D eigenvalue weighted by Crippen LogP contribution is -2.39. The van der Waals surface area contributed by atoms with Crippen molar-refractivity contribution in [1.82, 2.24) is 25.0 Å². The van der Waals surface area contributed by atoms with E-state index in [0.29, 0.717) is 31.1 Å². The van der Waals surface area contributed by atoms with Gasteiger partial charge in [0.15, 0.2) is 5.82 Å². The molecule has 4 rings (SSSR count). The molecule has 1 aliphatic heterocycles. The zero-order chi connectivity index (χ0) is 21.8. The van der Waals surface area contributed by atoms with Gasteiger partial charge < -0.3 is 14.7 Å². The van der Waals surface area contributed by atoms with Crippen LogP contribution in [-0.2, 0) is 11.2 Å². The Morgan fingerprint density at radius 1 is 1.26 bits per heavy atom. The SMILES string of the molecule is Cc1cc(Nc2ncccc2C)cc([C@@H]2CCCN(C(=O)CCc3nc(C)no3)C2)n1. The van der Waals surface area contributed by atoms with E-state index in [0.717, 1.165) is 47.8 Å². The summed E-state index contributed by atoms with van der Waals surface area (Å²) in [6.45, 7) is 7.27. The van der Waals surface area contributed by atoms with E-state index in [1.807, 2.05) is 36.9 Å². The van der Waals surface area contributed by atoms with E-state index in [1.165, 1.54) is 0 Å². The number of piperidine rings is 1. The summed E-state index contributed by atoms with van der Waals surface area (Å²) in [5.41, 5.74) is 4.02. The average molecular weight is 421 g/mol. The van der Waals surface area contributed by atoms with Crippen LogP contribution in [0.3, 0.4) is 0 Å². The lowest BCUT2D eigenvalue weighted by atomic mass is 9.93. The van der Waals surface area contributed by atoms with Gasteiger partial charge in [-0.15, -0.1) is 0 Å². The minimum Gasteiger partial charge on any atom is -0.342 e. The number of nitrogens with zero attached hydrogens (tertiary/aromatic N) is 5. The van der Waals surface area contributed by atoms with E-state index in [-0.39, 0.29) is 11.8 Å². The molecule has 0 spiro atoms. The molecule has 31 heavy (non-hydrogen) atoms. The van der Waals surface area contributed by atoms with E-state index in [2.05, 4.69) is 26.5 Å². The molecule has 0 saturated carbocycles. The summed E-state index contributed by atoms with van der Waals surface area (Å²) in [6.07, 6.45) is 4.62. The van der Waals surface area contributed by atoms with Gasteiger partial charge in [0.25, 0.3) is 0 Å². The molecule has 1 N–H and O–H groups in total. The number of pyridine rings is 2. The number of aromatic nitrogens is 4. The molecular weight excluding hydrogens is 392 g/mol. The molecule has 1 aliphatic rings. The number of likely N-dealkylation sites (tertiary alicyclic amines) is 1. The van der Waals surface area contributed by atoms with Crippen molar-refractivity contribution in [3.8, 4) is 0 Å². The highest BCUT2D eigenvalue weighted by atomic mass is 16.5. The minimum absolute atomic E-state index is 0.121. The van der Waals surface area contributed by atoms with Crippen LogP contribution in [0.1, 0.15) is 53.8 Å². The van der Waals surface area contributed by atoms with Gasteiger partial charge in [-0.3, -0.25) is 9.78 Å². The van der Waals surface area contributed by atoms with Crippen molar-refractivity contribution in [2.45, 2.75) is 52.4 Å². The summed E-state index contributed by atoms with van der Waals surface area (Å²) in [6, 6.07) is 8.07. The number of nitrogens with one attached hydrogen (secondary N) is 1. The van der Waals surface area contributed by atoms with Gasteiger partial charge in [0.1, 0.15) is 5.82 Å². The molecule has 1 saturated heterocycles. The lowest BCUT2D eigenvalue weighted by Gasteiger charge is -2.33. The molecule has 0 aromatic carbocycles. The Kier molecular flexibility index (Phi) is 6.25. The fraction of sp³-hybridized carbons (Fsp3) is 0.435. The molecule has 3 aromatic rings.